The summed E-state index contributed by atoms with van der Waals surface area (Å²) < 4.78 is 1.80. The van der Waals surface area contributed by atoms with Crippen LogP contribution in [-0.2, 0) is 0 Å². The van der Waals surface area contributed by atoms with Gasteiger partial charge in [0.2, 0.25) is 0 Å². The van der Waals surface area contributed by atoms with Gasteiger partial charge >= 0.3 is 0 Å². The molecule has 0 saturated heterocycles. The van der Waals surface area contributed by atoms with Crippen molar-refractivity contribution < 1.29 is 4.79 Å². The summed E-state index contributed by atoms with van der Waals surface area (Å²) in [5.74, 6) is 0.716. The molecule has 2 heterocycles. The monoisotopic (exact) mass is 229 g/mol. The summed E-state index contributed by atoms with van der Waals surface area (Å²) in [4.78, 5) is 17.7. The molecule has 2 aromatic heterocycles. The number of carbonyl (C=O) groups is 1. The quantitative estimate of drug-likeness (QED) is 0.582. The Labute approximate surface area is 100 Å². The molecule has 0 bridgehead atoms. The number of aldehydes is 1. The maximum Gasteiger partial charge on any atom is 0.170 e. The highest BCUT2D eigenvalue weighted by atomic mass is 16.1. The van der Waals surface area contributed by atoms with Gasteiger partial charge in [0.05, 0.1) is 0 Å². The summed E-state index contributed by atoms with van der Waals surface area (Å²) >= 11 is 0. The van der Waals surface area contributed by atoms with Crippen LogP contribution >= 0.6 is 0 Å². The van der Waals surface area contributed by atoms with Gasteiger partial charge in [-0.25, -0.2) is 4.98 Å². The number of pyridine rings is 1. The average Bonchev–Trinajstić information content (AvgIpc) is 2.74. The highest BCUT2D eigenvalue weighted by Gasteiger charge is 2.15. The molecule has 17 heavy (non-hydrogen) atoms. The lowest BCUT2D eigenvalue weighted by Gasteiger charge is -2.18. The van der Waals surface area contributed by atoms with Crippen LogP contribution < -0.4 is 4.90 Å². The molecule has 88 valence electrons. The van der Waals surface area contributed by atoms with E-state index in [1.165, 1.54) is 0 Å². The summed E-state index contributed by atoms with van der Waals surface area (Å²) in [5, 5.41) is 0. The smallest absolute Gasteiger partial charge is 0.170 e. The van der Waals surface area contributed by atoms with Crippen molar-refractivity contribution >= 4 is 17.8 Å². The van der Waals surface area contributed by atoms with Gasteiger partial charge in [0.15, 0.2) is 12.1 Å². The summed E-state index contributed by atoms with van der Waals surface area (Å²) in [6.45, 7) is 7.22. The van der Waals surface area contributed by atoms with Crippen molar-refractivity contribution in [2.75, 3.05) is 18.0 Å². The zero-order valence-corrected chi connectivity index (χ0v) is 9.84. The van der Waals surface area contributed by atoms with Gasteiger partial charge in [0.25, 0.3) is 0 Å². The molecule has 4 heteroatoms. The number of likely N-dealkylation sites (N-methyl/N-ethyl adjacent to an activating group) is 1. The molecule has 0 atom stereocenters. The molecule has 2 aromatic rings. The van der Waals surface area contributed by atoms with Crippen LogP contribution in [0.15, 0.2) is 37.1 Å². The van der Waals surface area contributed by atoms with Crippen LogP contribution in [0.25, 0.3) is 5.65 Å². The molecule has 0 aliphatic carbocycles. The molecule has 0 aliphatic heterocycles. The normalized spacial score (nSPS) is 10.4. The number of rotatable bonds is 5. The van der Waals surface area contributed by atoms with Gasteiger partial charge in [-0.05, 0) is 19.1 Å². The van der Waals surface area contributed by atoms with Crippen LogP contribution in [0.4, 0.5) is 5.82 Å². The first-order valence-corrected chi connectivity index (χ1v) is 5.60. The maximum absolute atomic E-state index is 11.2. The fraction of sp³-hybridized carbons (Fsp3) is 0.231. The third kappa shape index (κ3) is 1.93. The van der Waals surface area contributed by atoms with E-state index in [0.717, 1.165) is 18.5 Å². The molecule has 0 fully saturated rings. The van der Waals surface area contributed by atoms with Crippen molar-refractivity contribution in [1.82, 2.24) is 9.38 Å². The van der Waals surface area contributed by atoms with Crippen molar-refractivity contribution in [3.63, 3.8) is 0 Å². The summed E-state index contributed by atoms with van der Waals surface area (Å²) in [6.07, 6.45) is 4.50. The summed E-state index contributed by atoms with van der Waals surface area (Å²) in [7, 11) is 0. The highest BCUT2D eigenvalue weighted by Crippen LogP contribution is 2.19. The second kappa shape index (κ2) is 4.82. The van der Waals surface area contributed by atoms with E-state index in [0.29, 0.717) is 18.1 Å². The van der Waals surface area contributed by atoms with Gasteiger partial charge < -0.3 is 4.90 Å². The van der Waals surface area contributed by atoms with Gasteiger partial charge in [-0.3, -0.25) is 9.20 Å². The predicted molar refractivity (Wildman–Crippen MR) is 68.7 cm³/mol. The van der Waals surface area contributed by atoms with Crippen LogP contribution in [0, 0.1) is 0 Å². The number of fused-ring (bicyclic) bond motifs is 1. The van der Waals surface area contributed by atoms with Crippen molar-refractivity contribution in [2.45, 2.75) is 6.92 Å². The number of imidazole rings is 1. The van der Waals surface area contributed by atoms with Crippen LogP contribution in [0.3, 0.4) is 0 Å². The number of carbonyl (C=O) groups excluding carboxylic acids is 1. The lowest BCUT2D eigenvalue weighted by molar-refractivity contribution is 0.111. The van der Waals surface area contributed by atoms with Crippen LogP contribution in [-0.4, -0.2) is 28.8 Å². The number of anilines is 1. The van der Waals surface area contributed by atoms with Crippen LogP contribution in [0.5, 0.6) is 0 Å². The van der Waals surface area contributed by atoms with Gasteiger partial charge in [-0.15, -0.1) is 6.58 Å². The Kier molecular flexibility index (Phi) is 3.23. The molecule has 0 radical (unpaired) electrons. The van der Waals surface area contributed by atoms with Gasteiger partial charge in [0.1, 0.15) is 11.3 Å². The zero-order valence-electron chi connectivity index (χ0n) is 9.84. The van der Waals surface area contributed by atoms with Crippen LogP contribution in [0.2, 0.25) is 0 Å². The minimum absolute atomic E-state index is 0.587. The van der Waals surface area contributed by atoms with Crippen molar-refractivity contribution in [2.24, 2.45) is 0 Å². The maximum atomic E-state index is 11.2. The van der Waals surface area contributed by atoms with E-state index < -0.39 is 0 Å². The molecular weight excluding hydrogens is 214 g/mol. The number of hydrogen-bond acceptors (Lipinski definition) is 3. The Balaban J connectivity index is 2.59. The minimum atomic E-state index is 0.587. The third-order valence-electron chi connectivity index (χ3n) is 2.69. The van der Waals surface area contributed by atoms with E-state index in [-0.39, 0.29) is 0 Å². The third-order valence-corrected chi connectivity index (χ3v) is 2.69. The van der Waals surface area contributed by atoms with Gasteiger partial charge in [-0.2, -0.15) is 0 Å². The van der Waals surface area contributed by atoms with Gasteiger partial charge in [-0.1, -0.05) is 12.1 Å². The fourth-order valence-corrected chi connectivity index (χ4v) is 1.87. The Morgan fingerprint density at radius 2 is 2.35 bits per heavy atom. The SMILES string of the molecule is C=CCN(CC)c1nc2ccccn2c1C=O. The number of nitrogens with zero attached hydrogens (tertiary/aromatic N) is 3. The Morgan fingerprint density at radius 1 is 1.53 bits per heavy atom. The van der Waals surface area contributed by atoms with E-state index in [2.05, 4.69) is 11.6 Å². The average molecular weight is 229 g/mol. The van der Waals surface area contributed by atoms with E-state index in [1.807, 2.05) is 42.3 Å². The lowest BCUT2D eigenvalue weighted by atomic mass is 10.4. The second-order valence-electron chi connectivity index (χ2n) is 3.69. The molecule has 0 amide bonds. The lowest BCUT2D eigenvalue weighted by Crippen LogP contribution is -2.24. The topological polar surface area (TPSA) is 37.6 Å². The molecule has 0 spiro atoms. The van der Waals surface area contributed by atoms with Crippen molar-refractivity contribution in [1.29, 1.82) is 0 Å². The number of hydrogen-bond donors (Lipinski definition) is 0. The van der Waals surface area contributed by atoms with E-state index in [4.69, 9.17) is 0 Å². The summed E-state index contributed by atoms with van der Waals surface area (Å²) in [5.41, 5.74) is 1.37. The van der Waals surface area contributed by atoms with E-state index in [1.54, 1.807) is 4.40 Å². The first kappa shape index (κ1) is 11.4. The molecule has 0 unspecified atom stereocenters. The first-order valence-electron chi connectivity index (χ1n) is 5.60. The van der Waals surface area contributed by atoms with Crippen molar-refractivity contribution in [3.8, 4) is 0 Å². The highest BCUT2D eigenvalue weighted by molar-refractivity contribution is 5.83. The molecule has 0 saturated carbocycles. The zero-order chi connectivity index (χ0) is 12.3. The summed E-state index contributed by atoms with van der Waals surface area (Å²) in [6, 6.07) is 5.68. The van der Waals surface area contributed by atoms with Crippen LogP contribution in [0.1, 0.15) is 17.4 Å². The van der Waals surface area contributed by atoms with E-state index >= 15 is 0 Å². The standard InChI is InChI=1S/C13H15N3O/c1-3-8-15(4-2)13-11(10-17)16-9-6-5-7-12(16)14-13/h3,5-7,9-10H,1,4,8H2,2H3. The molecular formula is C13H15N3O. The first-order chi connectivity index (χ1) is 8.31. The Morgan fingerprint density at radius 3 is 3.00 bits per heavy atom. The van der Waals surface area contributed by atoms with E-state index in [9.17, 15) is 4.79 Å². The molecule has 0 N–H and O–H groups in total. The Hall–Kier alpha value is -2.10. The second-order valence-corrected chi connectivity index (χ2v) is 3.69. The number of aromatic nitrogens is 2. The predicted octanol–water partition coefficient (Wildman–Crippen LogP) is 2.16. The molecule has 0 aliphatic rings. The largest absolute Gasteiger partial charge is 0.351 e. The van der Waals surface area contributed by atoms with Crippen molar-refractivity contribution in [3.05, 3.63) is 42.7 Å². The Bertz CT molecular complexity index is 545. The fourth-order valence-electron chi connectivity index (χ4n) is 1.87. The molecule has 2 rings (SSSR count). The molecule has 0 aromatic carbocycles. The van der Waals surface area contributed by atoms with Gasteiger partial charge in [0, 0.05) is 19.3 Å². The molecule has 4 nitrogen and oxygen atoms in total. The minimum Gasteiger partial charge on any atom is -0.351 e.